The van der Waals surface area contributed by atoms with Gasteiger partial charge in [0.2, 0.25) is 26.0 Å². The van der Waals surface area contributed by atoms with E-state index in [2.05, 4.69) is 14.7 Å². The van der Waals surface area contributed by atoms with Crippen LogP contribution in [-0.2, 0) is 39.2 Å². The fourth-order valence-corrected chi connectivity index (χ4v) is 0.989. The quantitative estimate of drug-likeness (QED) is 0.305. The number of hydrogen-bond donors (Lipinski definition) is 2. The smallest absolute Gasteiger partial charge is 0.350 e. The lowest BCUT2D eigenvalue weighted by Crippen LogP contribution is -2.25. The van der Waals surface area contributed by atoms with Crippen molar-refractivity contribution in [1.29, 1.82) is 0 Å². The molecule has 0 spiro atoms. The number of carbonyl (C=O) groups is 2. The highest BCUT2D eigenvalue weighted by Crippen LogP contribution is 1.87. The van der Waals surface area contributed by atoms with E-state index in [1.807, 2.05) is 0 Å². The van der Waals surface area contributed by atoms with Crippen LogP contribution in [0.15, 0.2) is 12.2 Å². The lowest BCUT2D eigenvalue weighted by atomic mass is 10.5. The number of esters is 1. The molecule has 0 aliphatic heterocycles. The van der Waals surface area contributed by atoms with Crippen molar-refractivity contribution in [3.05, 3.63) is 12.2 Å². The summed E-state index contributed by atoms with van der Waals surface area (Å²) in [6.07, 6.45) is 1.81. The molecule has 0 heterocycles. The van der Waals surface area contributed by atoms with Gasteiger partial charge in [-0.2, -0.15) is 0 Å². The van der Waals surface area contributed by atoms with Crippen LogP contribution in [0.5, 0.6) is 0 Å². The molecule has 0 radical (unpaired) electrons. The number of carbonyl (C=O) groups excluding carboxylic acids is 2. The Hall–Kier alpha value is -1.50. The van der Waals surface area contributed by atoms with Crippen LogP contribution in [0.25, 0.3) is 0 Å². The third kappa shape index (κ3) is 11.0. The molecule has 10 nitrogen and oxygen atoms in total. The van der Waals surface area contributed by atoms with E-state index >= 15 is 0 Å². The molecule has 0 aromatic carbocycles. The molecule has 0 aliphatic rings. The maximum absolute atomic E-state index is 10.8. The zero-order valence-electron chi connectivity index (χ0n) is 9.02. The molecule has 0 fully saturated rings. The highest BCUT2D eigenvalue weighted by molar-refractivity contribution is 7.89. The van der Waals surface area contributed by atoms with Gasteiger partial charge in [0, 0.05) is 12.2 Å². The van der Waals surface area contributed by atoms with Crippen LogP contribution in [0.2, 0.25) is 0 Å². The topological polar surface area (TPSA) is 159 Å². The molecule has 0 atom stereocenters. The second kappa shape index (κ2) is 6.44. The van der Waals surface area contributed by atoms with Gasteiger partial charge in [-0.1, -0.05) is 0 Å². The first kappa shape index (κ1) is 16.5. The van der Waals surface area contributed by atoms with E-state index in [0.29, 0.717) is 12.2 Å². The third-order valence-electron chi connectivity index (χ3n) is 1.01. The van der Waals surface area contributed by atoms with Crippen LogP contribution >= 0.6 is 0 Å². The first-order valence-corrected chi connectivity index (χ1v) is 7.63. The van der Waals surface area contributed by atoms with Gasteiger partial charge >= 0.3 is 11.9 Å². The second-order valence-electron chi connectivity index (χ2n) is 2.85. The van der Waals surface area contributed by atoms with E-state index in [1.165, 1.54) is 4.89 Å². The van der Waals surface area contributed by atoms with Crippen LogP contribution in [0, 0.1) is 0 Å². The van der Waals surface area contributed by atoms with Crippen molar-refractivity contribution in [3.8, 4) is 0 Å². The van der Waals surface area contributed by atoms with Crippen molar-refractivity contribution in [2.75, 3.05) is 12.2 Å². The van der Waals surface area contributed by atoms with E-state index in [9.17, 15) is 26.4 Å². The van der Waals surface area contributed by atoms with Crippen LogP contribution in [0.3, 0.4) is 0 Å². The number of hydrogen-bond acceptors (Lipinski definition) is 8. The number of nitrogens with one attached hydrogen (secondary N) is 1. The van der Waals surface area contributed by atoms with Gasteiger partial charge in [0.05, 0.1) is 6.26 Å². The Labute approximate surface area is 103 Å². The first-order chi connectivity index (χ1) is 7.99. The van der Waals surface area contributed by atoms with Crippen molar-refractivity contribution >= 4 is 32.0 Å². The summed E-state index contributed by atoms with van der Waals surface area (Å²) < 4.78 is 45.9. The minimum Gasteiger partial charge on any atom is -0.445 e. The van der Waals surface area contributed by atoms with E-state index in [4.69, 9.17) is 0 Å². The molecule has 0 amide bonds. The van der Waals surface area contributed by atoms with Crippen molar-refractivity contribution in [2.24, 2.45) is 5.14 Å². The molecule has 0 aromatic rings. The largest absolute Gasteiger partial charge is 0.445 e. The monoisotopic (exact) mass is 302 g/mol. The Kier molecular flexibility index (Phi) is 5.90. The molecule has 12 heteroatoms. The lowest BCUT2D eigenvalue weighted by molar-refractivity contribution is -0.142. The molecular weight excluding hydrogens is 292 g/mol. The summed E-state index contributed by atoms with van der Waals surface area (Å²) >= 11 is 0. The summed E-state index contributed by atoms with van der Waals surface area (Å²) in [5.74, 6) is -3.42. The zero-order chi connectivity index (χ0) is 14.4. The van der Waals surface area contributed by atoms with E-state index in [-0.39, 0.29) is 0 Å². The average Bonchev–Trinajstić information content (AvgIpc) is 2.18. The number of ether oxygens (including phenoxy) is 1. The van der Waals surface area contributed by atoms with Crippen LogP contribution in [0.1, 0.15) is 0 Å². The molecule has 104 valence electrons. The van der Waals surface area contributed by atoms with Gasteiger partial charge in [0.1, 0.15) is 0 Å². The molecule has 0 aliphatic carbocycles. The van der Waals surface area contributed by atoms with Crippen LogP contribution in [0.4, 0.5) is 0 Å². The van der Waals surface area contributed by atoms with E-state index < -0.39 is 37.9 Å². The predicted octanol–water partition coefficient (Wildman–Crippen LogP) is -2.66. The summed E-state index contributed by atoms with van der Waals surface area (Å²) in [6.45, 7) is 0. The Balaban J connectivity index is 4.15. The van der Waals surface area contributed by atoms with Gasteiger partial charge in [-0.3, -0.25) is 0 Å². The maximum Gasteiger partial charge on any atom is 0.350 e. The SMILES string of the molecule is CS(=O)(=O)NOC(=O)/C=C\C(=O)OCS(N)(=O)=O. The van der Waals surface area contributed by atoms with Crippen molar-refractivity contribution in [1.82, 2.24) is 4.89 Å². The van der Waals surface area contributed by atoms with Gasteiger partial charge in [-0.25, -0.2) is 31.6 Å². The lowest BCUT2D eigenvalue weighted by Gasteiger charge is -2.00. The molecule has 0 saturated carbocycles. The molecule has 0 aromatic heterocycles. The van der Waals surface area contributed by atoms with Crippen molar-refractivity contribution < 1.29 is 36.0 Å². The Morgan fingerprint density at radius 2 is 1.67 bits per heavy atom. The van der Waals surface area contributed by atoms with Gasteiger partial charge in [-0.15, -0.1) is 0 Å². The number of rotatable bonds is 6. The molecular formula is C6H10N2O8S2. The maximum atomic E-state index is 10.8. The minimum absolute atomic E-state index is 0.531. The van der Waals surface area contributed by atoms with Gasteiger partial charge in [0.25, 0.3) is 0 Å². The predicted molar refractivity (Wildman–Crippen MR) is 57.3 cm³/mol. The second-order valence-corrected chi connectivity index (χ2v) is 6.13. The Bertz CT molecular complexity index is 496. The highest BCUT2D eigenvalue weighted by Gasteiger charge is 2.08. The Morgan fingerprint density at radius 1 is 1.17 bits per heavy atom. The van der Waals surface area contributed by atoms with Crippen LogP contribution < -0.4 is 10.0 Å². The fourth-order valence-electron chi connectivity index (χ4n) is 0.475. The summed E-state index contributed by atoms with van der Waals surface area (Å²) in [4.78, 5) is 27.0. The van der Waals surface area contributed by atoms with E-state index in [1.54, 1.807) is 0 Å². The zero-order valence-corrected chi connectivity index (χ0v) is 10.7. The van der Waals surface area contributed by atoms with E-state index in [0.717, 1.165) is 6.26 Å². The molecule has 0 bridgehead atoms. The average molecular weight is 302 g/mol. The van der Waals surface area contributed by atoms with Crippen LogP contribution in [-0.4, -0.2) is 41.0 Å². The molecule has 18 heavy (non-hydrogen) atoms. The first-order valence-electron chi connectivity index (χ1n) is 4.02. The summed E-state index contributed by atoms with van der Waals surface area (Å²) in [7, 11) is -7.70. The summed E-state index contributed by atoms with van der Waals surface area (Å²) in [6, 6.07) is 0. The third-order valence-corrected chi connectivity index (χ3v) is 1.85. The number of nitrogens with two attached hydrogens (primary N) is 1. The standard InChI is InChI=1S/C6H10N2O8S2/c1-17(11,12)8-16-6(10)3-2-5(9)15-4-18(7,13)14/h2-3,8H,4H2,1H3,(H2,7,13,14)/b3-2-. The molecule has 0 unspecified atom stereocenters. The minimum atomic E-state index is -3.97. The van der Waals surface area contributed by atoms with Crippen molar-refractivity contribution in [3.63, 3.8) is 0 Å². The Morgan fingerprint density at radius 3 is 2.11 bits per heavy atom. The number of primary sulfonamides is 1. The van der Waals surface area contributed by atoms with Gasteiger partial charge in [0.15, 0.2) is 0 Å². The number of sulfonamides is 2. The summed E-state index contributed by atoms with van der Waals surface area (Å²) in [5.41, 5.74) is 0. The molecule has 3 N–H and O–H groups in total. The molecule has 0 rings (SSSR count). The van der Waals surface area contributed by atoms with Gasteiger partial charge in [-0.05, 0) is 4.89 Å². The normalized spacial score (nSPS) is 12.3. The molecule has 0 saturated heterocycles. The summed E-state index contributed by atoms with van der Waals surface area (Å²) in [5, 5.41) is 4.54. The fraction of sp³-hybridized carbons (Fsp3) is 0.333. The van der Waals surface area contributed by atoms with Crippen molar-refractivity contribution in [2.45, 2.75) is 0 Å². The van der Waals surface area contributed by atoms with Gasteiger partial charge < -0.3 is 9.57 Å². The highest BCUT2D eigenvalue weighted by atomic mass is 32.2.